The zero-order valence-electron chi connectivity index (χ0n) is 19.5. The number of fused-ring (bicyclic) bond motifs is 1. The van der Waals surface area contributed by atoms with Crippen LogP contribution in [0.25, 0.3) is 22.3 Å². The van der Waals surface area contributed by atoms with Gasteiger partial charge in [0, 0.05) is 17.7 Å². The van der Waals surface area contributed by atoms with Gasteiger partial charge in [-0.1, -0.05) is 0 Å². The van der Waals surface area contributed by atoms with Crippen LogP contribution in [-0.2, 0) is 19.1 Å². The number of esters is 1. The molecule has 0 bridgehead atoms. The fraction of sp³-hybridized carbons (Fsp3) is 0.292. The number of carboxylic acids is 1. The SMILES string of the molecule is C[C@@H]1O[C@H](Oc2c(-c3ccc(O)c(O)c3)oc3cc(O)cc(O)c3c2=O)[C@H](O)[C@H](O)[C@H]1OC(=O)CC(=O)O. The number of aromatic hydroxyl groups is 4. The van der Waals surface area contributed by atoms with Gasteiger partial charge in [0.2, 0.25) is 17.5 Å². The maximum Gasteiger partial charge on any atom is 0.317 e. The predicted molar refractivity (Wildman–Crippen MR) is 124 cm³/mol. The maximum atomic E-state index is 13.4. The van der Waals surface area contributed by atoms with E-state index in [9.17, 15) is 45.0 Å². The van der Waals surface area contributed by atoms with E-state index in [1.807, 2.05) is 0 Å². The van der Waals surface area contributed by atoms with E-state index >= 15 is 0 Å². The number of benzene rings is 2. The number of carbonyl (C=O) groups excluding carboxylic acids is 1. The minimum absolute atomic E-state index is 0.00324. The number of aliphatic hydroxyl groups is 2. The van der Waals surface area contributed by atoms with E-state index in [2.05, 4.69) is 0 Å². The zero-order chi connectivity index (χ0) is 27.9. The van der Waals surface area contributed by atoms with E-state index in [0.717, 1.165) is 24.3 Å². The molecule has 0 radical (unpaired) electrons. The third kappa shape index (κ3) is 5.00. The molecule has 38 heavy (non-hydrogen) atoms. The lowest BCUT2D eigenvalue weighted by Gasteiger charge is -2.40. The van der Waals surface area contributed by atoms with Crippen molar-refractivity contribution in [1.82, 2.24) is 0 Å². The van der Waals surface area contributed by atoms with Gasteiger partial charge >= 0.3 is 11.9 Å². The molecule has 1 aliphatic rings. The minimum atomic E-state index is -1.93. The van der Waals surface area contributed by atoms with E-state index in [0.29, 0.717) is 0 Å². The highest BCUT2D eigenvalue weighted by Crippen LogP contribution is 2.39. The van der Waals surface area contributed by atoms with Crippen LogP contribution in [0.15, 0.2) is 39.5 Å². The van der Waals surface area contributed by atoms with Gasteiger partial charge in [0.05, 0.1) is 6.10 Å². The highest BCUT2D eigenvalue weighted by atomic mass is 16.7. The van der Waals surface area contributed by atoms with Crippen molar-refractivity contribution in [3.05, 3.63) is 40.6 Å². The van der Waals surface area contributed by atoms with E-state index in [1.54, 1.807) is 0 Å². The number of carboxylic acid groups (broad SMARTS) is 1. The summed E-state index contributed by atoms with van der Waals surface area (Å²) in [5.74, 6) is -5.83. The molecule has 2 aromatic carbocycles. The number of aliphatic hydroxyl groups excluding tert-OH is 2. The first-order chi connectivity index (χ1) is 17.9. The summed E-state index contributed by atoms with van der Waals surface area (Å²) < 4.78 is 21.7. The Morgan fingerprint density at radius 1 is 0.974 bits per heavy atom. The first kappa shape index (κ1) is 26.5. The van der Waals surface area contributed by atoms with E-state index in [-0.39, 0.29) is 16.9 Å². The molecule has 7 N–H and O–H groups in total. The highest BCUT2D eigenvalue weighted by Gasteiger charge is 2.47. The molecule has 1 aliphatic heterocycles. The zero-order valence-corrected chi connectivity index (χ0v) is 19.5. The van der Waals surface area contributed by atoms with Crippen molar-refractivity contribution < 1.29 is 64.0 Å². The number of hydrogen-bond donors (Lipinski definition) is 7. The Labute approximate surface area is 212 Å². The average Bonchev–Trinajstić information content (AvgIpc) is 2.82. The first-order valence-electron chi connectivity index (χ1n) is 11.0. The Bertz CT molecular complexity index is 1460. The van der Waals surface area contributed by atoms with Crippen LogP contribution >= 0.6 is 0 Å². The lowest BCUT2D eigenvalue weighted by molar-refractivity contribution is -0.272. The lowest BCUT2D eigenvalue weighted by Crippen LogP contribution is -2.59. The number of aliphatic carboxylic acids is 1. The Kier molecular flexibility index (Phi) is 7.04. The Morgan fingerprint density at radius 2 is 1.68 bits per heavy atom. The van der Waals surface area contributed by atoms with Crippen LogP contribution < -0.4 is 10.2 Å². The molecule has 0 saturated carbocycles. The van der Waals surface area contributed by atoms with Gasteiger partial charge in [-0.3, -0.25) is 14.4 Å². The molecule has 0 spiro atoms. The number of carbonyl (C=O) groups is 2. The fourth-order valence-corrected chi connectivity index (χ4v) is 3.93. The van der Waals surface area contributed by atoms with Crippen LogP contribution in [0.5, 0.6) is 28.7 Å². The van der Waals surface area contributed by atoms with Crippen LogP contribution in [0.2, 0.25) is 0 Å². The fourth-order valence-electron chi connectivity index (χ4n) is 3.93. The molecule has 14 nitrogen and oxygen atoms in total. The smallest absolute Gasteiger partial charge is 0.317 e. The number of hydrogen-bond acceptors (Lipinski definition) is 13. The molecule has 14 heteroatoms. The third-order valence-corrected chi connectivity index (χ3v) is 5.73. The van der Waals surface area contributed by atoms with Crippen molar-refractivity contribution in [3.8, 4) is 40.1 Å². The quantitative estimate of drug-likeness (QED) is 0.130. The maximum absolute atomic E-state index is 13.4. The van der Waals surface area contributed by atoms with Crippen LogP contribution in [0, 0.1) is 0 Å². The second kappa shape index (κ2) is 10.1. The average molecular weight is 534 g/mol. The van der Waals surface area contributed by atoms with Crippen molar-refractivity contribution in [2.24, 2.45) is 0 Å². The second-order valence-electron chi connectivity index (χ2n) is 8.46. The van der Waals surface area contributed by atoms with Gasteiger partial charge in [0.1, 0.15) is 41.1 Å². The highest BCUT2D eigenvalue weighted by molar-refractivity contribution is 5.90. The summed E-state index contributed by atoms with van der Waals surface area (Å²) in [6.45, 7) is 1.33. The first-order valence-corrected chi connectivity index (χ1v) is 11.0. The molecule has 1 saturated heterocycles. The van der Waals surface area contributed by atoms with Crippen molar-refractivity contribution in [2.45, 2.75) is 44.1 Å². The summed E-state index contributed by atoms with van der Waals surface area (Å²) in [7, 11) is 0. The molecule has 2 heterocycles. The topological polar surface area (TPSA) is 234 Å². The molecule has 1 aromatic heterocycles. The number of rotatable bonds is 6. The summed E-state index contributed by atoms with van der Waals surface area (Å²) in [4.78, 5) is 35.9. The molecule has 0 unspecified atom stereocenters. The van der Waals surface area contributed by atoms with Gasteiger partial charge in [-0.2, -0.15) is 0 Å². The normalized spacial score (nSPS) is 23.2. The van der Waals surface area contributed by atoms with Crippen molar-refractivity contribution >= 4 is 22.9 Å². The van der Waals surface area contributed by atoms with Crippen LogP contribution in [0.1, 0.15) is 13.3 Å². The van der Waals surface area contributed by atoms with E-state index in [1.165, 1.54) is 13.0 Å². The second-order valence-corrected chi connectivity index (χ2v) is 8.46. The Balaban J connectivity index is 1.76. The van der Waals surface area contributed by atoms with Crippen molar-refractivity contribution in [1.29, 1.82) is 0 Å². The number of phenols is 4. The monoisotopic (exact) mass is 534 g/mol. The summed E-state index contributed by atoms with van der Waals surface area (Å²) in [6, 6.07) is 5.29. The van der Waals surface area contributed by atoms with Gasteiger partial charge < -0.3 is 54.4 Å². The van der Waals surface area contributed by atoms with Crippen LogP contribution in [-0.4, -0.2) is 78.4 Å². The number of phenolic OH excluding ortho intramolecular Hbond substituents is 4. The Morgan fingerprint density at radius 3 is 2.34 bits per heavy atom. The third-order valence-electron chi connectivity index (χ3n) is 5.73. The van der Waals surface area contributed by atoms with Gasteiger partial charge in [-0.25, -0.2) is 0 Å². The molecule has 1 fully saturated rings. The molecular weight excluding hydrogens is 512 g/mol. The largest absolute Gasteiger partial charge is 0.508 e. The van der Waals surface area contributed by atoms with Crippen LogP contribution in [0.4, 0.5) is 0 Å². The summed E-state index contributed by atoms with van der Waals surface area (Å²) in [5, 5.41) is 69.2. The minimum Gasteiger partial charge on any atom is -0.508 e. The molecule has 4 rings (SSSR count). The summed E-state index contributed by atoms with van der Waals surface area (Å²) in [5.41, 5.74) is -1.26. The van der Waals surface area contributed by atoms with Crippen molar-refractivity contribution in [2.75, 3.05) is 0 Å². The molecule has 202 valence electrons. The summed E-state index contributed by atoms with van der Waals surface area (Å²) >= 11 is 0. The summed E-state index contributed by atoms with van der Waals surface area (Å²) in [6.07, 6.45) is -9.16. The molecule has 0 aliphatic carbocycles. The molecular formula is C24H22O14. The van der Waals surface area contributed by atoms with Crippen LogP contribution in [0.3, 0.4) is 0 Å². The standard InChI is InChI=1S/C24H22O14/c1-8-21(37-16(31)7-15(29)30)19(33)20(34)24(35-8)38-23-18(32)17-13(28)5-10(25)6-14(17)36-22(23)9-2-3-11(26)12(27)4-9/h2-6,8,19-21,24-28,33-34H,7H2,1H3,(H,29,30)/t8-,19-,20+,21-,24+/m0/s1. The molecule has 3 aromatic rings. The van der Waals surface area contributed by atoms with Gasteiger partial charge in [-0.15, -0.1) is 0 Å². The van der Waals surface area contributed by atoms with E-state index in [4.69, 9.17) is 23.7 Å². The van der Waals surface area contributed by atoms with Gasteiger partial charge in [0.15, 0.2) is 23.4 Å². The molecule has 5 atom stereocenters. The molecule has 0 amide bonds. The Hall–Kier alpha value is -4.53. The van der Waals surface area contributed by atoms with Gasteiger partial charge in [0.25, 0.3) is 0 Å². The lowest BCUT2D eigenvalue weighted by atomic mass is 9.99. The van der Waals surface area contributed by atoms with Crippen molar-refractivity contribution in [3.63, 3.8) is 0 Å². The van der Waals surface area contributed by atoms with E-state index < -0.39 is 88.6 Å². The predicted octanol–water partition coefficient (Wildman–Crippen LogP) is 0.514. The van der Waals surface area contributed by atoms with Gasteiger partial charge in [-0.05, 0) is 25.1 Å². The number of ether oxygens (including phenoxy) is 3.